The first-order valence-electron chi connectivity index (χ1n) is 29.2. The molecule has 0 aromatic carbocycles. The fraction of sp³-hybridized carbons (Fsp3) is 0.783. The minimum Gasteiger partial charge on any atom is -0.462 e. The van der Waals surface area contributed by atoms with E-state index in [0.717, 1.165) is 109 Å². The number of rotatable bonds is 54. The average molecular weight is 1040 g/mol. The van der Waals surface area contributed by atoms with Gasteiger partial charge in [0, 0.05) is 19.3 Å². The maximum atomic E-state index is 12.9. The number of esters is 3. The lowest BCUT2D eigenvalue weighted by atomic mass is 10.1. The minimum atomic E-state index is -4.75. The zero-order valence-corrected chi connectivity index (χ0v) is 47.0. The molecule has 0 amide bonds. The molecule has 12 heteroatoms. The fourth-order valence-electron chi connectivity index (χ4n) is 7.99. The number of hydrogen-bond acceptors (Lipinski definition) is 10. The van der Waals surface area contributed by atoms with Crippen molar-refractivity contribution in [3.63, 3.8) is 0 Å². The van der Waals surface area contributed by atoms with Crippen LogP contribution >= 0.6 is 7.82 Å². The lowest BCUT2D eigenvalue weighted by molar-refractivity contribution is -0.161. The molecule has 0 saturated heterocycles. The third-order valence-electron chi connectivity index (χ3n) is 12.4. The number of ether oxygens (including phenoxy) is 3. The molecule has 0 aliphatic carbocycles. The SMILES string of the molecule is CC/C=C\C/C=C\C/C=C\C/C=C\CCCCCCCCC(=O)OC(COC(=O)CCCCCCCCCCC)COP(=O)(O)OCC(CO)OC(=O)CCCCCCCCC/C=C\CCCCCCCC. The summed E-state index contributed by atoms with van der Waals surface area (Å²) < 4.78 is 39.5. The highest BCUT2D eigenvalue weighted by molar-refractivity contribution is 7.47. The Kier molecular flexibility index (Phi) is 52.3. The van der Waals surface area contributed by atoms with Gasteiger partial charge in [0.25, 0.3) is 0 Å². The highest BCUT2D eigenvalue weighted by Crippen LogP contribution is 2.43. The fourth-order valence-corrected chi connectivity index (χ4v) is 8.77. The van der Waals surface area contributed by atoms with Crippen molar-refractivity contribution in [3.8, 4) is 0 Å². The summed E-state index contributed by atoms with van der Waals surface area (Å²) in [6.45, 7) is 4.50. The summed E-state index contributed by atoms with van der Waals surface area (Å²) in [5, 5.41) is 9.81. The monoisotopic (exact) mass is 1030 g/mol. The van der Waals surface area contributed by atoms with Gasteiger partial charge in [-0.2, -0.15) is 0 Å². The number of carbonyl (C=O) groups excluding carboxylic acids is 3. The van der Waals surface area contributed by atoms with Crippen LogP contribution in [-0.2, 0) is 42.2 Å². The van der Waals surface area contributed by atoms with Crippen molar-refractivity contribution in [2.24, 2.45) is 0 Å². The van der Waals surface area contributed by atoms with Gasteiger partial charge in [-0.25, -0.2) is 4.57 Å². The molecule has 0 heterocycles. The summed E-state index contributed by atoms with van der Waals surface area (Å²) in [5.41, 5.74) is 0. The molecule has 0 aromatic rings. The molecule has 0 radical (unpaired) electrons. The van der Waals surface area contributed by atoms with Crippen LogP contribution in [0.4, 0.5) is 0 Å². The van der Waals surface area contributed by atoms with Gasteiger partial charge in [0.15, 0.2) is 6.10 Å². The lowest BCUT2D eigenvalue weighted by Crippen LogP contribution is -2.30. The van der Waals surface area contributed by atoms with Crippen molar-refractivity contribution in [1.29, 1.82) is 0 Å². The molecule has 0 fully saturated rings. The number of aliphatic hydroxyl groups excluding tert-OH is 1. The average Bonchev–Trinajstić information content (AvgIpc) is 3.37. The molecule has 0 rings (SSSR count). The second-order valence-electron chi connectivity index (χ2n) is 19.4. The van der Waals surface area contributed by atoms with Gasteiger partial charge in [-0.3, -0.25) is 23.4 Å². The van der Waals surface area contributed by atoms with Crippen LogP contribution in [0.2, 0.25) is 0 Å². The number of unbranched alkanes of at least 4 members (excludes halogenated alkanes) is 27. The summed E-state index contributed by atoms with van der Waals surface area (Å²) in [4.78, 5) is 48.4. The van der Waals surface area contributed by atoms with E-state index in [9.17, 15) is 28.9 Å². The summed E-state index contributed by atoms with van der Waals surface area (Å²) in [6.07, 6.45) is 59.0. The number of allylic oxidation sites excluding steroid dienone is 10. The molecule has 0 saturated carbocycles. The molecular formula is C60H107O11P. The first-order valence-corrected chi connectivity index (χ1v) is 30.7. The van der Waals surface area contributed by atoms with Gasteiger partial charge in [-0.05, 0) is 83.5 Å². The van der Waals surface area contributed by atoms with Gasteiger partial charge < -0.3 is 24.2 Å². The molecule has 2 N–H and O–H groups in total. The predicted molar refractivity (Wildman–Crippen MR) is 298 cm³/mol. The third kappa shape index (κ3) is 52.1. The molecule has 0 spiro atoms. The molecule has 3 atom stereocenters. The molecular weight excluding hydrogens is 928 g/mol. The van der Waals surface area contributed by atoms with E-state index in [1.165, 1.54) is 96.3 Å². The van der Waals surface area contributed by atoms with Crippen molar-refractivity contribution in [2.75, 3.05) is 26.4 Å². The number of aliphatic hydroxyl groups is 1. The van der Waals surface area contributed by atoms with Crippen molar-refractivity contribution in [1.82, 2.24) is 0 Å². The molecule has 72 heavy (non-hydrogen) atoms. The molecule has 0 aliphatic heterocycles. The zero-order chi connectivity index (χ0) is 52.7. The van der Waals surface area contributed by atoms with E-state index in [4.69, 9.17) is 23.3 Å². The Hall–Kier alpha value is -2.82. The van der Waals surface area contributed by atoms with Gasteiger partial charge in [0.05, 0.1) is 19.8 Å². The molecule has 418 valence electrons. The Balaban J connectivity index is 4.63. The first kappa shape index (κ1) is 69.2. The topological polar surface area (TPSA) is 155 Å². The van der Waals surface area contributed by atoms with E-state index in [1.54, 1.807) is 0 Å². The normalized spacial score (nSPS) is 13.8. The summed E-state index contributed by atoms with van der Waals surface area (Å²) in [7, 11) is -4.75. The second-order valence-corrected chi connectivity index (χ2v) is 20.9. The van der Waals surface area contributed by atoms with Gasteiger partial charge in [0.2, 0.25) is 0 Å². The Bertz CT molecular complexity index is 1440. The zero-order valence-electron chi connectivity index (χ0n) is 46.1. The van der Waals surface area contributed by atoms with Crippen molar-refractivity contribution >= 4 is 25.7 Å². The first-order chi connectivity index (χ1) is 35.2. The Morgan fingerprint density at radius 1 is 0.403 bits per heavy atom. The molecule has 0 aromatic heterocycles. The summed E-state index contributed by atoms with van der Waals surface area (Å²) >= 11 is 0. The number of phosphoric acid groups is 1. The van der Waals surface area contributed by atoms with Crippen LogP contribution < -0.4 is 0 Å². The quantitative estimate of drug-likeness (QED) is 0.0197. The van der Waals surface area contributed by atoms with Gasteiger partial charge in [-0.15, -0.1) is 0 Å². The lowest BCUT2D eigenvalue weighted by Gasteiger charge is -2.21. The van der Waals surface area contributed by atoms with Crippen LogP contribution in [0.5, 0.6) is 0 Å². The number of hydrogen-bond donors (Lipinski definition) is 2. The van der Waals surface area contributed by atoms with Crippen LogP contribution in [0.25, 0.3) is 0 Å². The summed E-state index contributed by atoms with van der Waals surface area (Å²) in [5.74, 6) is -1.48. The highest BCUT2D eigenvalue weighted by Gasteiger charge is 2.28. The maximum Gasteiger partial charge on any atom is 0.472 e. The predicted octanol–water partition coefficient (Wildman–Crippen LogP) is 17.1. The van der Waals surface area contributed by atoms with E-state index in [2.05, 4.69) is 81.5 Å². The number of carbonyl (C=O) groups is 3. The van der Waals surface area contributed by atoms with E-state index < -0.39 is 57.8 Å². The van der Waals surface area contributed by atoms with Crippen LogP contribution in [0.3, 0.4) is 0 Å². The maximum absolute atomic E-state index is 12.9. The van der Waals surface area contributed by atoms with Crippen LogP contribution in [-0.4, -0.2) is 66.5 Å². The van der Waals surface area contributed by atoms with Crippen molar-refractivity contribution in [2.45, 2.75) is 277 Å². The molecule has 0 aliphatic rings. The third-order valence-corrected chi connectivity index (χ3v) is 13.4. The second kappa shape index (κ2) is 54.4. The smallest absolute Gasteiger partial charge is 0.462 e. The van der Waals surface area contributed by atoms with E-state index in [-0.39, 0.29) is 25.9 Å². The van der Waals surface area contributed by atoms with E-state index in [1.807, 2.05) is 0 Å². The van der Waals surface area contributed by atoms with E-state index >= 15 is 0 Å². The number of phosphoric ester groups is 1. The Morgan fingerprint density at radius 3 is 1.12 bits per heavy atom. The molecule has 0 bridgehead atoms. The Morgan fingerprint density at radius 2 is 0.722 bits per heavy atom. The largest absolute Gasteiger partial charge is 0.472 e. The highest BCUT2D eigenvalue weighted by atomic mass is 31.2. The van der Waals surface area contributed by atoms with Crippen molar-refractivity contribution in [3.05, 3.63) is 60.8 Å². The van der Waals surface area contributed by atoms with Crippen LogP contribution in [0.1, 0.15) is 265 Å². The van der Waals surface area contributed by atoms with Crippen LogP contribution in [0, 0.1) is 0 Å². The van der Waals surface area contributed by atoms with Crippen LogP contribution in [0.15, 0.2) is 60.8 Å². The van der Waals surface area contributed by atoms with Crippen molar-refractivity contribution < 1.29 is 52.2 Å². The van der Waals surface area contributed by atoms with Gasteiger partial charge in [0.1, 0.15) is 12.7 Å². The minimum absolute atomic E-state index is 0.152. The van der Waals surface area contributed by atoms with Gasteiger partial charge >= 0.3 is 25.7 Å². The molecule has 3 unspecified atom stereocenters. The standard InChI is InChI=1S/C60H107O11P/c1-4-7-10-13-16-19-21-23-25-27-28-30-32-34-36-39-42-45-48-51-60(64)71-57(53-67-58(62)49-46-43-40-37-18-15-12-9-6-3)55-69-72(65,66)68-54-56(52-61)70-59(63)50-47-44-41-38-35-33-31-29-26-24-22-20-17-14-11-8-5-2/h7,10,16,19,23-26,28,30,56-57,61H,4-6,8-9,11-15,17-18,20-22,27,29,31-55H2,1-3H3,(H,65,66)/b10-7-,19-16-,25-23-,26-24-,30-28-. The Labute approximate surface area is 440 Å². The van der Waals surface area contributed by atoms with E-state index in [0.29, 0.717) is 19.3 Å². The molecule has 11 nitrogen and oxygen atoms in total. The summed E-state index contributed by atoms with van der Waals surface area (Å²) in [6, 6.07) is 0. The van der Waals surface area contributed by atoms with Gasteiger partial charge in [-0.1, -0.05) is 223 Å².